The van der Waals surface area contributed by atoms with E-state index >= 15 is 0 Å². The van der Waals surface area contributed by atoms with Crippen LogP contribution in [0.5, 0.6) is 0 Å². The highest BCUT2D eigenvalue weighted by atomic mass is 19.4. The first-order valence-corrected chi connectivity index (χ1v) is 6.91. The molecular weight excluding hydrogens is 271 g/mol. The number of rotatable bonds is 8. The molecule has 0 spiro atoms. The molecule has 1 rings (SSSR count). The number of nitrogens with zero attached hydrogens (tertiary/aromatic N) is 2. The van der Waals surface area contributed by atoms with Crippen molar-refractivity contribution in [3.8, 4) is 0 Å². The second kappa shape index (κ2) is 7.64. The molecule has 0 aromatic carbocycles. The van der Waals surface area contributed by atoms with Crippen LogP contribution in [0.3, 0.4) is 0 Å². The van der Waals surface area contributed by atoms with E-state index in [4.69, 9.17) is 0 Å². The molecule has 1 heterocycles. The topological polar surface area (TPSA) is 39.1 Å². The highest BCUT2D eigenvalue weighted by Crippen LogP contribution is 2.18. The van der Waals surface area contributed by atoms with Crippen molar-refractivity contribution < 1.29 is 17.9 Å². The summed E-state index contributed by atoms with van der Waals surface area (Å²) in [4.78, 5) is 0. The molecule has 1 N–H and O–H groups in total. The lowest BCUT2D eigenvalue weighted by molar-refractivity contribution is -0.325. The Kier molecular flexibility index (Phi) is 6.48. The van der Waals surface area contributed by atoms with Crippen molar-refractivity contribution in [1.82, 2.24) is 15.1 Å². The van der Waals surface area contributed by atoms with E-state index < -0.39 is 13.0 Å². The molecule has 116 valence electrons. The van der Waals surface area contributed by atoms with Crippen LogP contribution in [0.2, 0.25) is 0 Å². The summed E-state index contributed by atoms with van der Waals surface area (Å²) >= 11 is 0. The van der Waals surface area contributed by atoms with Crippen LogP contribution in [-0.2, 0) is 30.7 Å². The highest BCUT2D eigenvalue weighted by Gasteiger charge is 2.29. The van der Waals surface area contributed by atoms with Gasteiger partial charge in [-0.1, -0.05) is 20.8 Å². The summed E-state index contributed by atoms with van der Waals surface area (Å²) < 4.78 is 41.4. The average molecular weight is 293 g/mol. The number of nitrogens with one attached hydrogen (secondary N) is 1. The van der Waals surface area contributed by atoms with Crippen molar-refractivity contribution in [3.05, 3.63) is 17.0 Å². The van der Waals surface area contributed by atoms with Gasteiger partial charge in [0.15, 0.2) is 0 Å². The van der Waals surface area contributed by atoms with Crippen LogP contribution >= 0.6 is 0 Å². The van der Waals surface area contributed by atoms with E-state index in [0.717, 1.165) is 36.3 Å². The van der Waals surface area contributed by atoms with Gasteiger partial charge in [-0.15, -0.1) is 13.2 Å². The molecule has 7 heteroatoms. The van der Waals surface area contributed by atoms with Crippen molar-refractivity contribution in [3.63, 3.8) is 0 Å². The van der Waals surface area contributed by atoms with Crippen LogP contribution in [0, 0.1) is 0 Å². The van der Waals surface area contributed by atoms with Gasteiger partial charge in [0.2, 0.25) is 0 Å². The molecule has 0 aliphatic rings. The number of alkyl halides is 3. The Bertz CT molecular complexity index is 416. The van der Waals surface area contributed by atoms with Gasteiger partial charge >= 0.3 is 6.36 Å². The standard InChI is InChI=1S/C13H22F3N3O/c1-4-11-10(9-17-6-3)12(5-2)19(18-11)7-8-20-13(14,15)16/h17H,4-9H2,1-3H3. The van der Waals surface area contributed by atoms with Crippen LogP contribution < -0.4 is 5.32 Å². The number of halogens is 3. The van der Waals surface area contributed by atoms with Gasteiger partial charge < -0.3 is 5.32 Å². The van der Waals surface area contributed by atoms with Crippen molar-refractivity contribution in [2.24, 2.45) is 0 Å². The van der Waals surface area contributed by atoms with Gasteiger partial charge in [0.25, 0.3) is 0 Å². The van der Waals surface area contributed by atoms with E-state index in [-0.39, 0.29) is 6.54 Å². The van der Waals surface area contributed by atoms with Gasteiger partial charge in [-0.25, -0.2) is 0 Å². The number of aryl methyl sites for hydroxylation is 1. The molecule has 0 amide bonds. The second-order valence-corrected chi connectivity index (χ2v) is 4.38. The molecule has 1 aromatic rings. The Morgan fingerprint density at radius 2 is 1.90 bits per heavy atom. The quantitative estimate of drug-likeness (QED) is 0.801. The Hall–Kier alpha value is -1.08. The fraction of sp³-hybridized carbons (Fsp3) is 0.769. The fourth-order valence-electron chi connectivity index (χ4n) is 2.16. The number of aromatic nitrogens is 2. The summed E-state index contributed by atoms with van der Waals surface area (Å²) in [5.41, 5.74) is 3.02. The average Bonchev–Trinajstić information content (AvgIpc) is 2.71. The summed E-state index contributed by atoms with van der Waals surface area (Å²) in [7, 11) is 0. The summed E-state index contributed by atoms with van der Waals surface area (Å²) in [5.74, 6) is 0. The van der Waals surface area contributed by atoms with Gasteiger partial charge in [0, 0.05) is 17.8 Å². The van der Waals surface area contributed by atoms with Crippen molar-refractivity contribution in [2.75, 3.05) is 13.2 Å². The second-order valence-electron chi connectivity index (χ2n) is 4.38. The molecule has 0 fully saturated rings. The van der Waals surface area contributed by atoms with E-state index in [9.17, 15) is 13.2 Å². The van der Waals surface area contributed by atoms with Crippen LogP contribution in [0.1, 0.15) is 37.7 Å². The van der Waals surface area contributed by atoms with E-state index in [2.05, 4.69) is 15.2 Å². The van der Waals surface area contributed by atoms with Gasteiger partial charge in [0.1, 0.15) is 0 Å². The minimum absolute atomic E-state index is 0.113. The van der Waals surface area contributed by atoms with Crippen molar-refractivity contribution >= 4 is 0 Å². The van der Waals surface area contributed by atoms with Gasteiger partial charge in [-0.05, 0) is 19.4 Å². The smallest absolute Gasteiger partial charge is 0.313 e. The maximum absolute atomic E-state index is 12.0. The van der Waals surface area contributed by atoms with Crippen LogP contribution in [0.15, 0.2) is 0 Å². The first kappa shape index (κ1) is 17.0. The highest BCUT2D eigenvalue weighted by molar-refractivity contribution is 5.26. The zero-order chi connectivity index (χ0) is 15.2. The van der Waals surface area contributed by atoms with E-state index in [1.54, 1.807) is 4.68 Å². The minimum atomic E-state index is -4.58. The van der Waals surface area contributed by atoms with Crippen molar-refractivity contribution in [1.29, 1.82) is 0 Å². The zero-order valence-corrected chi connectivity index (χ0v) is 12.2. The molecular formula is C13H22F3N3O. The SMILES string of the molecule is CCNCc1c(CC)nn(CCOC(F)(F)F)c1CC. The zero-order valence-electron chi connectivity index (χ0n) is 12.2. The maximum atomic E-state index is 12.0. The number of hydrogen-bond acceptors (Lipinski definition) is 3. The summed E-state index contributed by atoms with van der Waals surface area (Å²) in [6.45, 7) is 7.22. The molecule has 0 unspecified atom stereocenters. The third-order valence-electron chi connectivity index (χ3n) is 3.04. The van der Waals surface area contributed by atoms with Gasteiger partial charge in [-0.2, -0.15) is 5.10 Å². The first-order chi connectivity index (χ1) is 9.42. The molecule has 0 bridgehead atoms. The Morgan fingerprint density at radius 3 is 2.40 bits per heavy atom. The normalized spacial score (nSPS) is 12.1. The lowest BCUT2D eigenvalue weighted by Gasteiger charge is -2.10. The fourth-order valence-corrected chi connectivity index (χ4v) is 2.16. The van der Waals surface area contributed by atoms with Crippen molar-refractivity contribution in [2.45, 2.75) is 53.1 Å². The Labute approximate surface area is 117 Å². The number of ether oxygens (including phenoxy) is 1. The molecule has 0 radical (unpaired) electrons. The summed E-state index contributed by atoms with van der Waals surface area (Å²) in [5, 5.41) is 7.64. The lowest BCUT2D eigenvalue weighted by atomic mass is 10.1. The molecule has 0 saturated heterocycles. The Balaban J connectivity index is 2.82. The molecule has 0 aliphatic carbocycles. The summed E-state index contributed by atoms with van der Waals surface area (Å²) in [6.07, 6.45) is -3.08. The molecule has 0 atom stereocenters. The molecule has 0 saturated carbocycles. The largest absolute Gasteiger partial charge is 0.522 e. The minimum Gasteiger partial charge on any atom is -0.313 e. The monoisotopic (exact) mass is 293 g/mol. The molecule has 0 aliphatic heterocycles. The first-order valence-electron chi connectivity index (χ1n) is 6.91. The Morgan fingerprint density at radius 1 is 1.20 bits per heavy atom. The van der Waals surface area contributed by atoms with Crippen LogP contribution in [0.25, 0.3) is 0 Å². The molecule has 20 heavy (non-hydrogen) atoms. The predicted octanol–water partition coefficient (Wildman–Crippen LogP) is 2.65. The third kappa shape index (κ3) is 4.79. The van der Waals surface area contributed by atoms with Gasteiger partial charge in [-0.3, -0.25) is 9.42 Å². The maximum Gasteiger partial charge on any atom is 0.522 e. The molecule has 4 nitrogen and oxygen atoms in total. The van der Waals surface area contributed by atoms with Gasteiger partial charge in [0.05, 0.1) is 18.8 Å². The number of hydrogen-bond donors (Lipinski definition) is 1. The molecule has 1 aromatic heterocycles. The lowest BCUT2D eigenvalue weighted by Crippen LogP contribution is -2.19. The van der Waals surface area contributed by atoms with Crippen LogP contribution in [-0.4, -0.2) is 29.3 Å². The van der Waals surface area contributed by atoms with E-state index in [1.165, 1.54) is 0 Å². The van der Waals surface area contributed by atoms with Crippen LogP contribution in [0.4, 0.5) is 13.2 Å². The van der Waals surface area contributed by atoms with E-state index in [1.807, 2.05) is 20.8 Å². The predicted molar refractivity (Wildman–Crippen MR) is 70.4 cm³/mol. The van der Waals surface area contributed by atoms with E-state index in [0.29, 0.717) is 6.54 Å². The third-order valence-corrected chi connectivity index (χ3v) is 3.04. The summed E-state index contributed by atoms with van der Waals surface area (Å²) in [6, 6.07) is 0.